The number of thiophene rings is 1. The molecule has 3 N–H and O–H groups in total. The van der Waals surface area contributed by atoms with Gasteiger partial charge in [0.15, 0.2) is 0 Å². The molecule has 118 valence electrons. The molecule has 0 spiro atoms. The van der Waals surface area contributed by atoms with Crippen molar-refractivity contribution in [2.75, 3.05) is 24.8 Å². The number of hydrogen-bond acceptors (Lipinski definition) is 7. The summed E-state index contributed by atoms with van der Waals surface area (Å²) in [5.74, 6) is -1.09. The van der Waals surface area contributed by atoms with Crippen LogP contribution >= 0.6 is 11.3 Å². The molecule has 0 aliphatic heterocycles. The van der Waals surface area contributed by atoms with Crippen molar-refractivity contribution in [2.45, 2.75) is 39.7 Å². The monoisotopic (exact) mass is 314 g/mol. The molecular formula is C14H22N2O4S. The van der Waals surface area contributed by atoms with Gasteiger partial charge in [0.1, 0.15) is 15.4 Å². The van der Waals surface area contributed by atoms with Crippen molar-refractivity contribution in [1.29, 1.82) is 0 Å². The number of nitrogen functional groups attached to an aromatic ring is 1. The molecule has 0 fully saturated rings. The van der Waals surface area contributed by atoms with Crippen LogP contribution in [0.4, 0.5) is 10.7 Å². The third kappa shape index (κ3) is 3.87. The Kier molecular flexibility index (Phi) is 6.48. The minimum absolute atomic E-state index is 0.110. The second kappa shape index (κ2) is 7.87. The smallest absolute Gasteiger partial charge is 0.350 e. The molecule has 0 radical (unpaired) electrons. The van der Waals surface area contributed by atoms with Gasteiger partial charge in [-0.1, -0.05) is 13.8 Å². The maximum absolute atomic E-state index is 11.9. The molecule has 0 aromatic carbocycles. The van der Waals surface area contributed by atoms with Gasteiger partial charge in [0, 0.05) is 6.04 Å². The normalized spacial score (nSPS) is 10.5. The molecule has 0 atom stereocenters. The van der Waals surface area contributed by atoms with Gasteiger partial charge in [0.05, 0.1) is 19.4 Å². The zero-order chi connectivity index (χ0) is 16.0. The molecule has 0 amide bonds. The number of carbonyl (C=O) groups excluding carboxylic acids is 2. The van der Waals surface area contributed by atoms with Crippen LogP contribution in [-0.4, -0.2) is 31.7 Å². The number of hydrogen-bond donors (Lipinski definition) is 2. The SMILES string of the molecule is CCOC(=O)c1sc(NC(CC)CC)c(C(=O)OC)c1N. The summed E-state index contributed by atoms with van der Waals surface area (Å²) in [5.41, 5.74) is 6.26. The van der Waals surface area contributed by atoms with Gasteiger partial charge in [0.25, 0.3) is 0 Å². The third-order valence-electron chi connectivity index (χ3n) is 3.12. The van der Waals surface area contributed by atoms with Gasteiger partial charge in [0.2, 0.25) is 0 Å². The summed E-state index contributed by atoms with van der Waals surface area (Å²) in [4.78, 5) is 24.0. The lowest BCUT2D eigenvalue weighted by Crippen LogP contribution is -2.18. The predicted molar refractivity (Wildman–Crippen MR) is 84.0 cm³/mol. The van der Waals surface area contributed by atoms with Gasteiger partial charge in [-0.3, -0.25) is 0 Å². The van der Waals surface area contributed by atoms with Gasteiger partial charge in [-0.15, -0.1) is 11.3 Å². The molecule has 1 aromatic heterocycles. The first-order valence-electron chi connectivity index (χ1n) is 6.94. The van der Waals surface area contributed by atoms with E-state index in [0.29, 0.717) is 5.00 Å². The van der Waals surface area contributed by atoms with Crippen LogP contribution < -0.4 is 11.1 Å². The van der Waals surface area contributed by atoms with Crippen molar-refractivity contribution in [3.63, 3.8) is 0 Å². The van der Waals surface area contributed by atoms with Gasteiger partial charge >= 0.3 is 11.9 Å². The summed E-state index contributed by atoms with van der Waals surface area (Å²) < 4.78 is 9.71. The standard InChI is InChI=1S/C14H22N2O4S/c1-5-8(6-2)16-12-9(13(17)19-4)10(15)11(21-12)14(18)20-7-3/h8,16H,5-7,15H2,1-4H3. The number of ether oxygens (including phenoxy) is 2. The van der Waals surface area contributed by atoms with Crippen molar-refractivity contribution in [1.82, 2.24) is 0 Å². The summed E-state index contributed by atoms with van der Waals surface area (Å²) in [7, 11) is 1.28. The molecule has 6 nitrogen and oxygen atoms in total. The highest BCUT2D eigenvalue weighted by atomic mass is 32.1. The summed E-state index contributed by atoms with van der Waals surface area (Å²) in [6, 6.07) is 0.196. The Bertz CT molecular complexity index is 509. The molecule has 1 rings (SSSR count). The number of esters is 2. The Morgan fingerprint density at radius 3 is 2.33 bits per heavy atom. The molecule has 0 aliphatic rings. The van der Waals surface area contributed by atoms with Gasteiger partial charge in [-0.2, -0.15) is 0 Å². The summed E-state index contributed by atoms with van der Waals surface area (Å²) >= 11 is 1.13. The second-order valence-corrected chi connectivity index (χ2v) is 5.44. The van der Waals surface area contributed by atoms with Crippen LogP contribution in [0.25, 0.3) is 0 Å². The van der Waals surface area contributed by atoms with Crippen LogP contribution in [0.15, 0.2) is 0 Å². The number of carbonyl (C=O) groups is 2. The molecular weight excluding hydrogens is 292 g/mol. The fourth-order valence-electron chi connectivity index (χ4n) is 1.88. The molecule has 7 heteroatoms. The van der Waals surface area contributed by atoms with E-state index in [2.05, 4.69) is 5.32 Å². The van der Waals surface area contributed by atoms with E-state index in [-0.39, 0.29) is 28.8 Å². The Morgan fingerprint density at radius 2 is 1.86 bits per heavy atom. The highest BCUT2D eigenvalue weighted by Gasteiger charge is 2.27. The van der Waals surface area contributed by atoms with Crippen molar-refractivity contribution in [3.05, 3.63) is 10.4 Å². The van der Waals surface area contributed by atoms with E-state index < -0.39 is 11.9 Å². The molecule has 0 saturated heterocycles. The predicted octanol–water partition coefficient (Wildman–Crippen LogP) is 2.89. The summed E-state index contributed by atoms with van der Waals surface area (Å²) in [5, 5.41) is 3.80. The minimum atomic E-state index is -0.562. The number of anilines is 2. The first-order valence-corrected chi connectivity index (χ1v) is 7.75. The number of methoxy groups -OCH3 is 1. The maximum atomic E-state index is 11.9. The fourth-order valence-corrected chi connectivity index (χ4v) is 2.96. The van der Waals surface area contributed by atoms with E-state index in [4.69, 9.17) is 15.2 Å². The minimum Gasteiger partial charge on any atom is -0.465 e. The Labute approximate surface area is 128 Å². The quantitative estimate of drug-likeness (QED) is 0.752. The average molecular weight is 314 g/mol. The maximum Gasteiger partial charge on any atom is 0.350 e. The summed E-state index contributed by atoms with van der Waals surface area (Å²) in [6.45, 7) is 6.05. The Hall–Kier alpha value is -1.76. The van der Waals surface area contributed by atoms with Crippen molar-refractivity contribution < 1.29 is 19.1 Å². The van der Waals surface area contributed by atoms with Crippen LogP contribution in [0.2, 0.25) is 0 Å². The van der Waals surface area contributed by atoms with E-state index in [1.807, 2.05) is 13.8 Å². The van der Waals surface area contributed by atoms with Gasteiger partial charge in [-0.05, 0) is 19.8 Å². The lowest BCUT2D eigenvalue weighted by Gasteiger charge is -2.15. The molecule has 0 saturated carbocycles. The van der Waals surface area contributed by atoms with Gasteiger partial charge < -0.3 is 20.5 Å². The molecule has 0 aliphatic carbocycles. The van der Waals surface area contributed by atoms with Crippen LogP contribution in [0, 0.1) is 0 Å². The highest BCUT2D eigenvalue weighted by molar-refractivity contribution is 7.19. The molecule has 0 bridgehead atoms. The topological polar surface area (TPSA) is 90.6 Å². The first kappa shape index (κ1) is 17.3. The fraction of sp³-hybridized carbons (Fsp3) is 0.571. The molecule has 0 unspecified atom stereocenters. The molecule has 1 aromatic rings. The number of nitrogens with one attached hydrogen (secondary N) is 1. The highest BCUT2D eigenvalue weighted by Crippen LogP contribution is 2.37. The first-order chi connectivity index (χ1) is 9.99. The second-order valence-electron chi connectivity index (χ2n) is 4.42. The average Bonchev–Trinajstić information content (AvgIpc) is 2.80. The van der Waals surface area contributed by atoms with Gasteiger partial charge in [-0.25, -0.2) is 9.59 Å². The van der Waals surface area contributed by atoms with Crippen molar-refractivity contribution >= 4 is 34.0 Å². The van der Waals surface area contributed by atoms with Crippen LogP contribution in [-0.2, 0) is 9.47 Å². The number of rotatable bonds is 7. The van der Waals surface area contributed by atoms with Crippen LogP contribution in [0.5, 0.6) is 0 Å². The summed E-state index contributed by atoms with van der Waals surface area (Å²) in [6.07, 6.45) is 1.79. The zero-order valence-electron chi connectivity index (χ0n) is 12.8. The van der Waals surface area contributed by atoms with E-state index >= 15 is 0 Å². The van der Waals surface area contributed by atoms with E-state index in [1.165, 1.54) is 7.11 Å². The van der Waals surface area contributed by atoms with Crippen LogP contribution in [0.3, 0.4) is 0 Å². The van der Waals surface area contributed by atoms with E-state index in [1.54, 1.807) is 6.92 Å². The van der Waals surface area contributed by atoms with E-state index in [9.17, 15) is 9.59 Å². The van der Waals surface area contributed by atoms with Crippen molar-refractivity contribution in [3.8, 4) is 0 Å². The molecule has 1 heterocycles. The lowest BCUT2D eigenvalue weighted by atomic mass is 10.1. The largest absolute Gasteiger partial charge is 0.465 e. The van der Waals surface area contributed by atoms with E-state index in [0.717, 1.165) is 24.2 Å². The Morgan fingerprint density at radius 1 is 1.24 bits per heavy atom. The molecule has 21 heavy (non-hydrogen) atoms. The van der Waals surface area contributed by atoms with Crippen LogP contribution in [0.1, 0.15) is 53.6 Å². The lowest BCUT2D eigenvalue weighted by molar-refractivity contribution is 0.0533. The zero-order valence-corrected chi connectivity index (χ0v) is 13.6. The third-order valence-corrected chi connectivity index (χ3v) is 4.23. The van der Waals surface area contributed by atoms with Crippen molar-refractivity contribution in [2.24, 2.45) is 0 Å². The Balaban J connectivity index is 3.24. The number of nitrogens with two attached hydrogens (primary N) is 1.